The number of amidine groups is 1. The number of hydrogen-bond donors (Lipinski definition) is 0. The van der Waals surface area contributed by atoms with Gasteiger partial charge in [0.05, 0.1) is 26.9 Å². The second-order valence-corrected chi connectivity index (χ2v) is 15.2. The lowest BCUT2D eigenvalue weighted by atomic mass is 10.0. The minimum atomic E-state index is -4.41. The molecule has 13 heteroatoms. The number of aromatic nitrogens is 1. The van der Waals surface area contributed by atoms with Crippen LogP contribution in [0.15, 0.2) is 76.5 Å². The van der Waals surface area contributed by atoms with E-state index in [9.17, 15) is 21.6 Å². The number of benzene rings is 2. The Kier molecular flexibility index (Phi) is 8.38. The first-order valence-electron chi connectivity index (χ1n) is 14.1. The highest BCUT2D eigenvalue weighted by atomic mass is 35.5. The Morgan fingerprint density at radius 2 is 1.70 bits per heavy atom. The fourth-order valence-corrected chi connectivity index (χ4v) is 8.15. The summed E-state index contributed by atoms with van der Waals surface area (Å²) in [6, 6.07) is 14.5. The molecule has 44 heavy (non-hydrogen) atoms. The molecule has 2 aliphatic rings. The number of carbonyl (C=O) groups excluding carboxylic acids is 1. The summed E-state index contributed by atoms with van der Waals surface area (Å²) in [6.07, 6.45) is 2.36. The highest BCUT2D eigenvalue weighted by molar-refractivity contribution is 7.92. The normalized spacial score (nSPS) is 19.9. The van der Waals surface area contributed by atoms with Crippen LogP contribution in [0, 0.1) is 0 Å². The maximum absolute atomic E-state index is 14.2. The van der Waals surface area contributed by atoms with Crippen LogP contribution >= 0.6 is 11.6 Å². The van der Waals surface area contributed by atoms with E-state index in [1.807, 2.05) is 44.7 Å². The molecule has 2 aromatic carbocycles. The monoisotopic (exact) mass is 655 g/mol. The number of pyridine rings is 1. The quantitative estimate of drug-likeness (QED) is 0.348. The van der Waals surface area contributed by atoms with Gasteiger partial charge in [0.2, 0.25) is 5.91 Å². The van der Waals surface area contributed by atoms with Crippen LogP contribution in [0.3, 0.4) is 0 Å². The Hall–Kier alpha value is -3.74. The van der Waals surface area contributed by atoms with Crippen molar-refractivity contribution < 1.29 is 21.6 Å². The molecule has 5 rings (SSSR count). The minimum absolute atomic E-state index is 0.0153. The third-order valence-electron chi connectivity index (χ3n) is 7.86. The summed E-state index contributed by atoms with van der Waals surface area (Å²) in [5, 5.41) is 0.130. The van der Waals surface area contributed by atoms with Crippen LogP contribution in [0.5, 0.6) is 0 Å². The van der Waals surface area contributed by atoms with Crippen LogP contribution < -0.4 is 4.31 Å². The number of rotatable bonds is 5. The molecule has 232 valence electrons. The van der Waals surface area contributed by atoms with Gasteiger partial charge in [-0.05, 0) is 49.6 Å². The summed E-state index contributed by atoms with van der Waals surface area (Å²) in [4.78, 5) is 20.9. The molecule has 2 unspecified atom stereocenters. The molecule has 1 amide bonds. The van der Waals surface area contributed by atoms with Gasteiger partial charge in [-0.3, -0.25) is 4.79 Å². The number of carbonyl (C=O) groups is 1. The van der Waals surface area contributed by atoms with E-state index in [0.717, 1.165) is 16.1 Å². The number of piperazine rings is 1. The molecule has 0 saturated carbocycles. The zero-order valence-corrected chi connectivity index (χ0v) is 27.5. The molecule has 1 saturated heterocycles. The topological polar surface area (TPSA) is 120 Å². The Labute approximate surface area is 263 Å². The molecule has 3 aromatic rings. The van der Waals surface area contributed by atoms with E-state index in [1.54, 1.807) is 41.3 Å². The summed E-state index contributed by atoms with van der Waals surface area (Å²) in [6.45, 7) is 11.9. The fourth-order valence-electron chi connectivity index (χ4n) is 5.73. The van der Waals surface area contributed by atoms with Gasteiger partial charge in [0.25, 0.3) is 0 Å². The zero-order valence-electron chi connectivity index (χ0n) is 25.1. The molecule has 2 aliphatic heterocycles. The van der Waals surface area contributed by atoms with Crippen molar-refractivity contribution in [2.75, 3.05) is 23.7 Å². The Bertz CT molecular complexity index is 1910. The molecule has 0 radical (unpaired) electrons. The standard InChI is InChI=1S/C31H34ClN5O5S2/c1-7-28(38)35-17-21(5)36(18-20(35)4)31-24-16-25(32)29(23-13-9-11-15-27(23)43(6,39)40)33-30(24)37(44(41,42)34-31)26-14-10-8-12-22(26)19(2)3/h7-16,19-21H,1,17-18H2,2-6H3. The SMILES string of the molecule is C=CC(=O)N1CC(C)N(C2=NS(=O)(=O)N(c3ccccc3C(C)C)c3nc(-c4ccccc4S(C)(=O)=O)c(Cl)cc32)CC1C. The van der Waals surface area contributed by atoms with Crippen LogP contribution in [0.4, 0.5) is 11.5 Å². The molecule has 0 bridgehead atoms. The third kappa shape index (κ3) is 5.62. The van der Waals surface area contributed by atoms with Crippen molar-refractivity contribution in [3.63, 3.8) is 0 Å². The Morgan fingerprint density at radius 3 is 2.36 bits per heavy atom. The van der Waals surface area contributed by atoms with Gasteiger partial charge < -0.3 is 9.80 Å². The summed E-state index contributed by atoms with van der Waals surface area (Å²) in [5.74, 6) is -0.0433. The van der Waals surface area contributed by atoms with Crippen molar-refractivity contribution in [2.45, 2.75) is 50.6 Å². The predicted octanol–water partition coefficient (Wildman–Crippen LogP) is 5.18. The number of sulfone groups is 1. The predicted molar refractivity (Wildman–Crippen MR) is 173 cm³/mol. The van der Waals surface area contributed by atoms with E-state index in [-0.39, 0.29) is 56.7 Å². The van der Waals surface area contributed by atoms with Crippen LogP contribution in [-0.2, 0) is 24.8 Å². The minimum Gasteiger partial charge on any atom is -0.349 e. The van der Waals surface area contributed by atoms with E-state index in [2.05, 4.69) is 11.0 Å². The van der Waals surface area contributed by atoms with Crippen molar-refractivity contribution in [2.24, 2.45) is 4.40 Å². The number of amides is 1. The van der Waals surface area contributed by atoms with Crippen LogP contribution in [0.2, 0.25) is 5.02 Å². The molecule has 0 spiro atoms. The Balaban J connectivity index is 1.78. The first kappa shape index (κ1) is 31.7. The lowest BCUT2D eigenvalue weighted by Gasteiger charge is -2.46. The van der Waals surface area contributed by atoms with Gasteiger partial charge in [0.15, 0.2) is 21.5 Å². The van der Waals surface area contributed by atoms with E-state index >= 15 is 0 Å². The van der Waals surface area contributed by atoms with Crippen molar-refractivity contribution in [1.29, 1.82) is 0 Å². The second kappa shape index (κ2) is 11.6. The molecular formula is C31H34ClN5O5S2. The fraction of sp³-hybridized carbons (Fsp3) is 0.323. The van der Waals surface area contributed by atoms with Gasteiger partial charge in [0.1, 0.15) is 0 Å². The van der Waals surface area contributed by atoms with Gasteiger partial charge in [0, 0.05) is 37.0 Å². The van der Waals surface area contributed by atoms with Gasteiger partial charge in [-0.25, -0.2) is 17.7 Å². The highest BCUT2D eigenvalue weighted by Gasteiger charge is 2.42. The summed E-state index contributed by atoms with van der Waals surface area (Å²) < 4.78 is 59.3. The van der Waals surface area contributed by atoms with Gasteiger partial charge in [-0.1, -0.05) is 68.4 Å². The zero-order chi connectivity index (χ0) is 32.1. The summed E-state index contributed by atoms with van der Waals surface area (Å²) in [7, 11) is -8.09. The van der Waals surface area contributed by atoms with E-state index in [4.69, 9.17) is 16.6 Å². The molecule has 1 aromatic heterocycles. The third-order valence-corrected chi connectivity index (χ3v) is 10.5. The summed E-state index contributed by atoms with van der Waals surface area (Å²) in [5.41, 5.74) is 1.88. The maximum atomic E-state index is 14.2. The summed E-state index contributed by atoms with van der Waals surface area (Å²) >= 11 is 6.85. The van der Waals surface area contributed by atoms with Crippen molar-refractivity contribution in [3.05, 3.63) is 83.4 Å². The maximum Gasteiger partial charge on any atom is 0.352 e. The smallest absolute Gasteiger partial charge is 0.349 e. The van der Waals surface area contributed by atoms with Gasteiger partial charge in [-0.2, -0.15) is 8.42 Å². The molecular weight excluding hydrogens is 622 g/mol. The molecule has 1 fully saturated rings. The second-order valence-electron chi connectivity index (χ2n) is 11.4. The van der Waals surface area contributed by atoms with Gasteiger partial charge >= 0.3 is 10.2 Å². The molecule has 0 N–H and O–H groups in total. The molecule has 3 heterocycles. The van der Waals surface area contributed by atoms with Crippen molar-refractivity contribution in [3.8, 4) is 11.3 Å². The van der Waals surface area contributed by atoms with E-state index in [0.29, 0.717) is 24.3 Å². The van der Waals surface area contributed by atoms with Gasteiger partial charge in [-0.15, -0.1) is 4.40 Å². The van der Waals surface area contributed by atoms with E-state index < -0.39 is 20.0 Å². The van der Waals surface area contributed by atoms with Crippen molar-refractivity contribution in [1.82, 2.24) is 14.8 Å². The van der Waals surface area contributed by atoms with Crippen LogP contribution in [0.1, 0.15) is 44.7 Å². The molecule has 10 nitrogen and oxygen atoms in total. The Morgan fingerprint density at radius 1 is 1.05 bits per heavy atom. The lowest BCUT2D eigenvalue weighted by Crippen LogP contribution is -2.60. The number of fused-ring (bicyclic) bond motifs is 1. The highest BCUT2D eigenvalue weighted by Crippen LogP contribution is 2.43. The number of nitrogens with zero attached hydrogens (tertiary/aromatic N) is 5. The largest absolute Gasteiger partial charge is 0.352 e. The number of halogens is 1. The lowest BCUT2D eigenvalue weighted by molar-refractivity contribution is -0.130. The van der Waals surface area contributed by atoms with E-state index in [1.165, 1.54) is 12.1 Å². The molecule has 2 atom stereocenters. The first-order chi connectivity index (χ1) is 20.7. The van der Waals surface area contributed by atoms with Crippen LogP contribution in [0.25, 0.3) is 11.3 Å². The average Bonchev–Trinajstić information content (AvgIpc) is 2.96. The van der Waals surface area contributed by atoms with Crippen molar-refractivity contribution >= 4 is 54.9 Å². The first-order valence-corrected chi connectivity index (χ1v) is 17.8. The number of hydrogen-bond acceptors (Lipinski definition) is 7. The number of anilines is 2. The number of para-hydroxylation sites is 1. The van der Waals surface area contributed by atoms with Crippen LogP contribution in [-0.4, -0.2) is 74.8 Å². The molecule has 0 aliphatic carbocycles. The average molecular weight is 656 g/mol.